The van der Waals surface area contributed by atoms with Crippen LogP contribution in [-0.4, -0.2) is 40.8 Å². The van der Waals surface area contributed by atoms with Crippen LogP contribution in [0, 0.1) is 5.92 Å². The van der Waals surface area contributed by atoms with Crippen LogP contribution in [0.4, 0.5) is 30.6 Å². The fraction of sp³-hybridized carbons (Fsp3) is 0.400. The third kappa shape index (κ3) is 3.34. The number of alkyl halides is 3. The summed E-state index contributed by atoms with van der Waals surface area (Å²) in [6, 6.07) is 1.14. The average molecular weight is 388 g/mol. The van der Waals surface area contributed by atoms with E-state index in [9.17, 15) is 13.2 Å². The quantitative estimate of drug-likeness (QED) is 0.672. The molecule has 0 unspecified atom stereocenters. The van der Waals surface area contributed by atoms with Crippen LogP contribution in [0.1, 0.15) is 5.56 Å². The van der Waals surface area contributed by atoms with Gasteiger partial charge in [0.2, 0.25) is 5.95 Å². The van der Waals surface area contributed by atoms with Gasteiger partial charge in [0.25, 0.3) is 0 Å². The fourth-order valence-electron chi connectivity index (χ4n) is 2.80. The zero-order chi connectivity index (χ0) is 18.3. The second-order valence-corrected chi connectivity index (χ2v) is 6.33. The Labute approximate surface area is 150 Å². The van der Waals surface area contributed by atoms with Gasteiger partial charge in [0.15, 0.2) is 0 Å². The minimum absolute atomic E-state index is 0.0214. The minimum atomic E-state index is -4.58. The van der Waals surface area contributed by atoms with E-state index >= 15 is 0 Å². The molecule has 2 atom stereocenters. The zero-order valence-corrected chi connectivity index (χ0v) is 13.9. The molecule has 2 bridgehead atoms. The van der Waals surface area contributed by atoms with Crippen LogP contribution >= 0.6 is 11.6 Å². The Morgan fingerprint density at radius 1 is 1.15 bits per heavy atom. The summed E-state index contributed by atoms with van der Waals surface area (Å²) >= 11 is 5.91. The molecule has 4 rings (SSSR count). The first kappa shape index (κ1) is 17.1. The molecule has 138 valence electrons. The van der Waals surface area contributed by atoms with Crippen molar-refractivity contribution in [2.45, 2.75) is 12.2 Å². The van der Waals surface area contributed by atoms with Crippen molar-refractivity contribution in [3.05, 3.63) is 29.2 Å². The Morgan fingerprint density at radius 2 is 2.00 bits per heavy atom. The van der Waals surface area contributed by atoms with E-state index in [4.69, 9.17) is 21.1 Å². The van der Waals surface area contributed by atoms with E-state index in [1.54, 1.807) is 0 Å². The van der Waals surface area contributed by atoms with Crippen LogP contribution in [0.3, 0.4) is 0 Å². The molecule has 1 saturated heterocycles. The number of hydrogen-bond donors (Lipinski definition) is 2. The molecule has 11 heteroatoms. The van der Waals surface area contributed by atoms with Crippen molar-refractivity contribution in [2.75, 3.05) is 30.5 Å². The van der Waals surface area contributed by atoms with E-state index in [1.807, 2.05) is 0 Å². The second kappa shape index (κ2) is 6.44. The Kier molecular flexibility index (Phi) is 4.23. The van der Waals surface area contributed by atoms with Crippen molar-refractivity contribution < 1.29 is 22.6 Å². The number of hydrogen-bond acceptors (Lipinski definition) is 7. The summed E-state index contributed by atoms with van der Waals surface area (Å²) in [6.45, 7) is 0.845. The van der Waals surface area contributed by atoms with Gasteiger partial charge < -0.3 is 20.1 Å². The fourth-order valence-corrected chi connectivity index (χ4v) is 2.95. The third-order valence-electron chi connectivity index (χ3n) is 4.15. The number of anilines is 3. The molecule has 0 amide bonds. The number of nitrogens with zero attached hydrogens (tertiary/aromatic N) is 3. The van der Waals surface area contributed by atoms with Crippen LogP contribution in [0.2, 0.25) is 5.15 Å². The van der Waals surface area contributed by atoms with Gasteiger partial charge in [-0.15, -0.1) is 0 Å². The van der Waals surface area contributed by atoms with E-state index in [0.717, 1.165) is 6.20 Å². The van der Waals surface area contributed by atoms with Gasteiger partial charge in [0, 0.05) is 18.2 Å². The van der Waals surface area contributed by atoms with Crippen molar-refractivity contribution >= 4 is 29.1 Å². The number of pyridine rings is 1. The van der Waals surface area contributed by atoms with Crippen molar-refractivity contribution in [1.29, 1.82) is 0 Å². The average Bonchev–Trinajstić information content (AvgIpc) is 3.00. The first-order valence-electron chi connectivity index (χ1n) is 7.74. The maximum atomic E-state index is 13.3. The molecule has 0 aliphatic carbocycles. The van der Waals surface area contributed by atoms with Crippen LogP contribution in [0.5, 0.6) is 5.75 Å². The topological polar surface area (TPSA) is 81.2 Å². The number of rotatable bonds is 0. The van der Waals surface area contributed by atoms with E-state index < -0.39 is 11.7 Å². The highest BCUT2D eigenvalue weighted by atomic mass is 35.5. The standard InChI is InChI=1S/C15H13ClF3N5O2/c16-12-1-11-9(3-20-12)23-14-21-2-8(15(17,18)19)13(24-14)22-10-6-25-4-7(10)5-26-11/h1-3,7,10H,4-6H2,(H2,21,22,23,24)/t7-,10+/m0/s1. The largest absolute Gasteiger partial charge is 0.491 e. The number of aromatic nitrogens is 3. The van der Waals surface area contributed by atoms with Gasteiger partial charge in [0.1, 0.15) is 28.0 Å². The van der Waals surface area contributed by atoms with E-state index in [2.05, 4.69) is 25.6 Å². The highest BCUT2D eigenvalue weighted by Crippen LogP contribution is 2.36. The maximum Gasteiger partial charge on any atom is 0.421 e. The predicted octanol–water partition coefficient (Wildman–Crippen LogP) is 3.11. The van der Waals surface area contributed by atoms with Gasteiger partial charge in [-0.1, -0.05) is 11.6 Å². The monoisotopic (exact) mass is 387 g/mol. The van der Waals surface area contributed by atoms with Crippen molar-refractivity contribution in [2.24, 2.45) is 5.92 Å². The third-order valence-corrected chi connectivity index (χ3v) is 4.35. The number of nitrogens with one attached hydrogen (secondary N) is 2. The summed E-state index contributed by atoms with van der Waals surface area (Å²) in [5.74, 6) is -0.0808. The van der Waals surface area contributed by atoms with Gasteiger partial charge in [-0.05, 0) is 0 Å². The van der Waals surface area contributed by atoms with Crippen LogP contribution < -0.4 is 15.4 Å². The molecule has 2 aromatic rings. The summed E-state index contributed by atoms with van der Waals surface area (Å²) in [7, 11) is 0. The smallest absolute Gasteiger partial charge is 0.421 e. The molecule has 0 radical (unpaired) electrons. The molecule has 2 aliphatic heterocycles. The molecule has 2 aromatic heterocycles. The van der Waals surface area contributed by atoms with Gasteiger partial charge in [-0.3, -0.25) is 0 Å². The Morgan fingerprint density at radius 3 is 2.81 bits per heavy atom. The lowest BCUT2D eigenvalue weighted by molar-refractivity contribution is -0.137. The Balaban J connectivity index is 1.80. The van der Waals surface area contributed by atoms with Gasteiger partial charge in [-0.2, -0.15) is 18.2 Å². The second-order valence-electron chi connectivity index (χ2n) is 5.94. The number of ether oxygens (including phenoxy) is 2. The highest BCUT2D eigenvalue weighted by molar-refractivity contribution is 6.29. The van der Waals surface area contributed by atoms with Crippen LogP contribution in [0.15, 0.2) is 18.5 Å². The summed E-state index contributed by atoms with van der Waals surface area (Å²) in [5.41, 5.74) is -0.541. The van der Waals surface area contributed by atoms with Gasteiger partial charge in [0.05, 0.1) is 32.1 Å². The van der Waals surface area contributed by atoms with Crippen LogP contribution in [-0.2, 0) is 10.9 Å². The normalized spacial score (nSPS) is 22.2. The summed E-state index contributed by atoms with van der Waals surface area (Å²) in [4.78, 5) is 11.7. The van der Waals surface area contributed by atoms with E-state index in [-0.39, 0.29) is 42.1 Å². The number of fused-ring (bicyclic) bond motifs is 4. The first-order valence-corrected chi connectivity index (χ1v) is 8.12. The molecular formula is C15H13ClF3N5O2. The zero-order valence-electron chi connectivity index (χ0n) is 13.2. The molecule has 7 nitrogen and oxygen atoms in total. The van der Waals surface area contributed by atoms with Crippen molar-refractivity contribution in [1.82, 2.24) is 15.0 Å². The van der Waals surface area contributed by atoms with Crippen molar-refractivity contribution in [3.8, 4) is 5.75 Å². The minimum Gasteiger partial charge on any atom is -0.491 e. The summed E-state index contributed by atoms with van der Waals surface area (Å²) in [6.07, 6.45) is -2.43. The number of halogens is 4. The maximum absolute atomic E-state index is 13.3. The molecule has 1 fully saturated rings. The lowest BCUT2D eigenvalue weighted by Gasteiger charge is -2.21. The lowest BCUT2D eigenvalue weighted by atomic mass is 10.0. The van der Waals surface area contributed by atoms with Gasteiger partial charge >= 0.3 is 6.18 Å². The lowest BCUT2D eigenvalue weighted by Crippen LogP contribution is -2.33. The molecule has 4 heterocycles. The molecule has 0 saturated carbocycles. The van der Waals surface area contributed by atoms with Gasteiger partial charge in [-0.25, -0.2) is 9.97 Å². The molecule has 26 heavy (non-hydrogen) atoms. The SMILES string of the molecule is FC(F)(F)c1cnc2nc1N[C@@H]1COC[C@H]1COc1cc(Cl)ncc1N2. The summed E-state index contributed by atoms with van der Waals surface area (Å²) < 4.78 is 51.1. The molecule has 0 spiro atoms. The van der Waals surface area contributed by atoms with Crippen molar-refractivity contribution in [3.63, 3.8) is 0 Å². The van der Waals surface area contributed by atoms with E-state index in [1.165, 1.54) is 12.3 Å². The van der Waals surface area contributed by atoms with Crippen LogP contribution in [0.25, 0.3) is 0 Å². The predicted molar refractivity (Wildman–Crippen MR) is 86.8 cm³/mol. The Bertz CT molecular complexity index is 835. The first-order chi connectivity index (χ1) is 12.4. The molecule has 0 aromatic carbocycles. The molecular weight excluding hydrogens is 375 g/mol. The highest BCUT2D eigenvalue weighted by Gasteiger charge is 2.38. The van der Waals surface area contributed by atoms with E-state index in [0.29, 0.717) is 18.0 Å². The Hall–Kier alpha value is -2.33. The molecule has 2 N–H and O–H groups in total. The summed E-state index contributed by atoms with van der Waals surface area (Å²) in [5, 5.41) is 5.89. The molecule has 2 aliphatic rings.